The molecular formula is C13H22N2O2. The van der Waals surface area contributed by atoms with Crippen LogP contribution in [0.5, 0.6) is 0 Å². The molecule has 17 heavy (non-hydrogen) atoms. The molecule has 3 aliphatic heterocycles. The number of nitrogens with one attached hydrogen (secondary N) is 1. The lowest BCUT2D eigenvalue weighted by atomic mass is 9.83. The number of carbonyl (C=O) groups is 1. The van der Waals surface area contributed by atoms with Crippen molar-refractivity contribution in [1.82, 2.24) is 10.2 Å². The summed E-state index contributed by atoms with van der Waals surface area (Å²) in [5.41, 5.74) is -0.153. The molecule has 0 radical (unpaired) electrons. The minimum atomic E-state index is -0.153. The molecular weight excluding hydrogens is 216 g/mol. The first-order chi connectivity index (χ1) is 8.08. The first-order valence-corrected chi connectivity index (χ1v) is 6.84. The zero-order chi connectivity index (χ0) is 12.0. The highest BCUT2D eigenvalue weighted by Gasteiger charge is 2.49. The largest absolute Gasteiger partial charge is 0.443 e. The zero-order valence-corrected chi connectivity index (χ0v) is 10.7. The number of ether oxygens (including phenoxy) is 1. The van der Waals surface area contributed by atoms with Gasteiger partial charge in [0.1, 0.15) is 5.60 Å². The third kappa shape index (κ3) is 1.92. The molecule has 96 valence electrons. The molecule has 3 rings (SSSR count). The van der Waals surface area contributed by atoms with Crippen LogP contribution >= 0.6 is 0 Å². The summed E-state index contributed by atoms with van der Waals surface area (Å²) in [6.07, 6.45) is 5.43. The second kappa shape index (κ2) is 3.87. The van der Waals surface area contributed by atoms with Crippen molar-refractivity contribution in [3.05, 3.63) is 0 Å². The van der Waals surface area contributed by atoms with Crippen molar-refractivity contribution >= 4 is 6.09 Å². The monoisotopic (exact) mass is 238 g/mol. The quantitative estimate of drug-likeness (QED) is 0.758. The third-order valence-electron chi connectivity index (χ3n) is 4.54. The van der Waals surface area contributed by atoms with Gasteiger partial charge in [-0.3, -0.25) is 0 Å². The van der Waals surface area contributed by atoms with Gasteiger partial charge in [0.25, 0.3) is 0 Å². The smallest absolute Gasteiger partial charge is 0.410 e. The van der Waals surface area contributed by atoms with E-state index in [9.17, 15) is 4.79 Å². The van der Waals surface area contributed by atoms with E-state index in [0.29, 0.717) is 12.1 Å². The van der Waals surface area contributed by atoms with E-state index in [-0.39, 0.29) is 17.7 Å². The molecule has 0 saturated carbocycles. The van der Waals surface area contributed by atoms with Crippen LogP contribution in [0.25, 0.3) is 0 Å². The van der Waals surface area contributed by atoms with Crippen molar-refractivity contribution < 1.29 is 9.53 Å². The van der Waals surface area contributed by atoms with Gasteiger partial charge in [-0.15, -0.1) is 0 Å². The van der Waals surface area contributed by atoms with Gasteiger partial charge in [-0.25, -0.2) is 4.79 Å². The highest BCUT2D eigenvalue weighted by molar-refractivity contribution is 5.69. The van der Waals surface area contributed by atoms with Crippen molar-refractivity contribution in [3.8, 4) is 0 Å². The highest BCUT2D eigenvalue weighted by atomic mass is 16.6. The van der Waals surface area contributed by atoms with Gasteiger partial charge in [0.2, 0.25) is 0 Å². The number of hydrogen-bond donors (Lipinski definition) is 1. The van der Waals surface area contributed by atoms with Crippen molar-refractivity contribution in [2.45, 2.75) is 69.7 Å². The topological polar surface area (TPSA) is 41.6 Å². The second-order valence-electron chi connectivity index (χ2n) is 6.13. The first-order valence-electron chi connectivity index (χ1n) is 6.84. The summed E-state index contributed by atoms with van der Waals surface area (Å²) in [6.45, 7) is 4.95. The number of nitrogens with zero attached hydrogens (tertiary/aromatic N) is 1. The van der Waals surface area contributed by atoms with E-state index in [1.54, 1.807) is 0 Å². The predicted octanol–water partition coefficient (Wildman–Crippen LogP) is 1.89. The summed E-state index contributed by atoms with van der Waals surface area (Å²) in [5.74, 6) is 0. The predicted molar refractivity (Wildman–Crippen MR) is 64.9 cm³/mol. The molecule has 4 nitrogen and oxygen atoms in total. The second-order valence-corrected chi connectivity index (χ2v) is 6.13. The minimum Gasteiger partial charge on any atom is -0.443 e. The average molecular weight is 238 g/mol. The van der Waals surface area contributed by atoms with Crippen LogP contribution < -0.4 is 5.32 Å². The van der Waals surface area contributed by atoms with E-state index in [1.165, 1.54) is 12.8 Å². The van der Waals surface area contributed by atoms with Crippen LogP contribution in [0.15, 0.2) is 0 Å². The fourth-order valence-corrected chi connectivity index (χ4v) is 3.67. The van der Waals surface area contributed by atoms with E-state index >= 15 is 0 Å². The van der Waals surface area contributed by atoms with Gasteiger partial charge >= 0.3 is 6.09 Å². The lowest BCUT2D eigenvalue weighted by Gasteiger charge is -2.46. The summed E-state index contributed by atoms with van der Waals surface area (Å²) >= 11 is 0. The van der Waals surface area contributed by atoms with Crippen LogP contribution in [0.3, 0.4) is 0 Å². The summed E-state index contributed by atoms with van der Waals surface area (Å²) < 4.78 is 5.82. The van der Waals surface area contributed by atoms with Gasteiger partial charge in [0.15, 0.2) is 0 Å². The van der Waals surface area contributed by atoms with E-state index in [2.05, 4.69) is 5.32 Å². The Hall–Kier alpha value is -0.770. The lowest BCUT2D eigenvalue weighted by molar-refractivity contribution is -0.0789. The third-order valence-corrected chi connectivity index (χ3v) is 4.54. The molecule has 1 unspecified atom stereocenters. The number of rotatable bonds is 1. The number of piperidine rings is 1. The molecule has 0 aliphatic carbocycles. The summed E-state index contributed by atoms with van der Waals surface area (Å²) in [5, 5.41) is 3.61. The standard InChI is InChI=1S/C13H22N2O2/c1-9(2)15-6-5-13(17-12(15)16)7-10-3-4-11(8-13)14-10/h9-11,14H,3-8H2,1-2H3/t10-,11+,13?. The number of fused-ring (bicyclic) bond motifs is 2. The average Bonchev–Trinajstić information content (AvgIpc) is 2.58. The van der Waals surface area contributed by atoms with Gasteiger partial charge in [-0.05, 0) is 26.7 Å². The fourth-order valence-electron chi connectivity index (χ4n) is 3.67. The van der Waals surface area contributed by atoms with Gasteiger partial charge in [-0.1, -0.05) is 0 Å². The van der Waals surface area contributed by atoms with Crippen LogP contribution in [0, 0.1) is 0 Å². The van der Waals surface area contributed by atoms with Crippen LogP contribution in [-0.2, 0) is 4.74 Å². The molecule has 1 N–H and O–H groups in total. The number of hydrogen-bond acceptors (Lipinski definition) is 3. The van der Waals surface area contributed by atoms with Crippen LogP contribution in [0.1, 0.15) is 46.0 Å². The Morgan fingerprint density at radius 2 is 2.00 bits per heavy atom. The lowest BCUT2D eigenvalue weighted by Crippen LogP contribution is -2.57. The van der Waals surface area contributed by atoms with E-state index in [1.807, 2.05) is 18.7 Å². The minimum absolute atomic E-state index is 0.104. The van der Waals surface area contributed by atoms with Crippen molar-refractivity contribution in [2.75, 3.05) is 6.54 Å². The molecule has 2 bridgehead atoms. The normalized spacial score (nSPS) is 41.1. The summed E-state index contributed by atoms with van der Waals surface area (Å²) in [4.78, 5) is 13.9. The van der Waals surface area contributed by atoms with Gasteiger partial charge in [-0.2, -0.15) is 0 Å². The Morgan fingerprint density at radius 1 is 1.35 bits per heavy atom. The molecule has 0 aromatic rings. The van der Waals surface area contributed by atoms with Crippen LogP contribution in [-0.4, -0.2) is 41.3 Å². The van der Waals surface area contributed by atoms with E-state index in [4.69, 9.17) is 4.74 Å². The van der Waals surface area contributed by atoms with Gasteiger partial charge < -0.3 is 15.0 Å². The highest BCUT2D eigenvalue weighted by Crippen LogP contribution is 2.41. The van der Waals surface area contributed by atoms with E-state index in [0.717, 1.165) is 25.8 Å². The Morgan fingerprint density at radius 3 is 2.53 bits per heavy atom. The Kier molecular flexibility index (Phi) is 2.58. The van der Waals surface area contributed by atoms with Crippen molar-refractivity contribution in [2.24, 2.45) is 0 Å². The van der Waals surface area contributed by atoms with E-state index < -0.39 is 0 Å². The molecule has 1 amide bonds. The fraction of sp³-hybridized carbons (Fsp3) is 0.923. The Labute approximate surface area is 103 Å². The molecule has 3 saturated heterocycles. The number of carbonyl (C=O) groups excluding carboxylic acids is 1. The van der Waals surface area contributed by atoms with Gasteiger partial charge in [0.05, 0.1) is 0 Å². The maximum atomic E-state index is 12.0. The number of amides is 1. The summed E-state index contributed by atoms with van der Waals surface area (Å²) in [6, 6.07) is 1.40. The van der Waals surface area contributed by atoms with Crippen LogP contribution in [0.2, 0.25) is 0 Å². The zero-order valence-electron chi connectivity index (χ0n) is 10.7. The van der Waals surface area contributed by atoms with Crippen molar-refractivity contribution in [3.63, 3.8) is 0 Å². The first kappa shape index (κ1) is 11.3. The Balaban J connectivity index is 1.72. The van der Waals surface area contributed by atoms with Gasteiger partial charge in [0, 0.05) is 43.9 Å². The molecule has 1 spiro atoms. The maximum absolute atomic E-state index is 12.0. The molecule has 0 aromatic heterocycles. The maximum Gasteiger partial charge on any atom is 0.410 e. The SMILES string of the molecule is CC(C)N1CCC2(C[C@H]3CC[C@@H](C2)N3)OC1=O. The molecule has 3 aliphatic rings. The molecule has 3 fully saturated rings. The molecule has 0 aromatic carbocycles. The molecule has 3 atom stereocenters. The summed E-state index contributed by atoms with van der Waals surface area (Å²) in [7, 11) is 0. The van der Waals surface area contributed by atoms with Crippen molar-refractivity contribution in [1.29, 1.82) is 0 Å². The molecule has 4 heteroatoms. The van der Waals surface area contributed by atoms with Crippen LogP contribution in [0.4, 0.5) is 4.79 Å². The Bertz CT molecular complexity index is 317. The molecule has 3 heterocycles.